The maximum Gasteiger partial charge on any atom is 0.187 e. The van der Waals surface area contributed by atoms with Crippen molar-refractivity contribution in [3.63, 3.8) is 0 Å². The Balaban J connectivity index is 1.89. The highest BCUT2D eigenvalue weighted by atomic mass is 32.1. The predicted octanol–water partition coefficient (Wildman–Crippen LogP) is 4.68. The van der Waals surface area contributed by atoms with Crippen LogP contribution in [0.25, 0.3) is 11.3 Å². The van der Waals surface area contributed by atoms with Crippen LogP contribution in [0.5, 0.6) is 5.75 Å². The van der Waals surface area contributed by atoms with Crippen molar-refractivity contribution < 1.29 is 9.13 Å². The van der Waals surface area contributed by atoms with Gasteiger partial charge in [-0.2, -0.15) is 0 Å². The Kier molecular flexibility index (Phi) is 4.26. The normalized spacial score (nSPS) is 10.1. The molecular formula is C18H13FN2OS. The number of aromatic nitrogens is 1. The molecule has 0 fully saturated rings. The number of hydrogen-bond donors (Lipinski definition) is 1. The second-order valence-electron chi connectivity index (χ2n) is 4.73. The minimum absolute atomic E-state index is 0.329. The molecule has 23 heavy (non-hydrogen) atoms. The summed E-state index contributed by atoms with van der Waals surface area (Å²) in [5, 5.41) is 5.74. The second-order valence-corrected chi connectivity index (χ2v) is 5.59. The van der Waals surface area contributed by atoms with Crippen molar-refractivity contribution in [2.75, 3.05) is 12.4 Å². The Labute approximate surface area is 137 Å². The number of rotatable bonds is 4. The average Bonchev–Trinajstić information content (AvgIpc) is 3.03. The largest absolute Gasteiger partial charge is 0.496 e. The molecule has 0 atom stereocenters. The van der Waals surface area contributed by atoms with E-state index in [1.165, 1.54) is 23.5 Å². The van der Waals surface area contributed by atoms with Gasteiger partial charge in [0, 0.05) is 22.2 Å². The van der Waals surface area contributed by atoms with Crippen LogP contribution in [0.3, 0.4) is 0 Å². The molecule has 0 radical (unpaired) electrons. The van der Waals surface area contributed by atoms with E-state index in [1.807, 2.05) is 29.6 Å². The van der Waals surface area contributed by atoms with Gasteiger partial charge in [0.05, 0.1) is 12.8 Å². The summed E-state index contributed by atoms with van der Waals surface area (Å²) >= 11 is 1.43. The van der Waals surface area contributed by atoms with Crippen LogP contribution in [-0.2, 0) is 0 Å². The van der Waals surface area contributed by atoms with Gasteiger partial charge in [-0.3, -0.25) is 0 Å². The number of thiazole rings is 1. The lowest BCUT2D eigenvalue weighted by molar-refractivity contribution is 0.415. The van der Waals surface area contributed by atoms with Gasteiger partial charge in [-0.1, -0.05) is 12.0 Å². The van der Waals surface area contributed by atoms with Crippen molar-refractivity contribution in [1.29, 1.82) is 0 Å². The van der Waals surface area contributed by atoms with E-state index in [2.05, 4.69) is 16.2 Å². The minimum Gasteiger partial charge on any atom is -0.496 e. The molecule has 2 aromatic carbocycles. The fraction of sp³-hybridized carbons (Fsp3) is 0.0556. The first-order valence-corrected chi connectivity index (χ1v) is 7.70. The van der Waals surface area contributed by atoms with E-state index in [-0.39, 0.29) is 5.82 Å². The van der Waals surface area contributed by atoms with Crippen LogP contribution in [0.15, 0.2) is 47.8 Å². The van der Waals surface area contributed by atoms with Crippen molar-refractivity contribution >= 4 is 22.2 Å². The third kappa shape index (κ3) is 3.33. The summed E-state index contributed by atoms with van der Waals surface area (Å²) in [6, 6.07) is 11.9. The van der Waals surface area contributed by atoms with Crippen LogP contribution in [0.4, 0.5) is 15.2 Å². The van der Waals surface area contributed by atoms with Crippen LogP contribution >= 0.6 is 11.3 Å². The first-order valence-electron chi connectivity index (χ1n) is 6.83. The highest BCUT2D eigenvalue weighted by Crippen LogP contribution is 2.33. The highest BCUT2D eigenvalue weighted by molar-refractivity contribution is 7.14. The van der Waals surface area contributed by atoms with Gasteiger partial charge in [0.15, 0.2) is 5.13 Å². The molecule has 0 saturated heterocycles. The van der Waals surface area contributed by atoms with E-state index >= 15 is 0 Å². The van der Waals surface area contributed by atoms with Crippen LogP contribution < -0.4 is 10.1 Å². The number of halogens is 1. The standard InChI is InChI=1S/C18H13FN2OS/c1-3-12-5-4-6-14(9-12)20-18-21-16(11-23-18)15-10-13(19)7-8-17(15)22-2/h1,4-11H,2H3,(H,20,21). The molecule has 3 nitrogen and oxygen atoms in total. The first-order chi connectivity index (χ1) is 11.2. The van der Waals surface area contributed by atoms with Crippen LogP contribution in [0.2, 0.25) is 0 Å². The zero-order valence-corrected chi connectivity index (χ0v) is 13.2. The Morgan fingerprint density at radius 3 is 2.91 bits per heavy atom. The van der Waals surface area contributed by atoms with Crippen molar-refractivity contribution in [2.24, 2.45) is 0 Å². The number of methoxy groups -OCH3 is 1. The lowest BCUT2D eigenvalue weighted by Crippen LogP contribution is -1.92. The van der Waals surface area contributed by atoms with Gasteiger partial charge in [-0.05, 0) is 36.4 Å². The van der Waals surface area contributed by atoms with E-state index in [9.17, 15) is 4.39 Å². The zero-order chi connectivity index (χ0) is 16.2. The monoisotopic (exact) mass is 324 g/mol. The third-order valence-electron chi connectivity index (χ3n) is 3.22. The minimum atomic E-state index is -0.329. The second kappa shape index (κ2) is 6.51. The van der Waals surface area contributed by atoms with Gasteiger partial charge in [0.2, 0.25) is 0 Å². The molecule has 0 bridgehead atoms. The molecule has 0 amide bonds. The molecule has 1 heterocycles. The molecule has 1 N–H and O–H groups in total. The quantitative estimate of drug-likeness (QED) is 0.707. The molecule has 0 aliphatic carbocycles. The van der Waals surface area contributed by atoms with Crippen molar-refractivity contribution in [3.05, 3.63) is 59.2 Å². The number of terminal acetylenes is 1. The van der Waals surface area contributed by atoms with Crippen LogP contribution in [-0.4, -0.2) is 12.1 Å². The third-order valence-corrected chi connectivity index (χ3v) is 3.98. The van der Waals surface area contributed by atoms with Crippen LogP contribution in [0.1, 0.15) is 5.56 Å². The van der Waals surface area contributed by atoms with E-state index < -0.39 is 0 Å². The lowest BCUT2D eigenvalue weighted by atomic mass is 10.1. The summed E-state index contributed by atoms with van der Waals surface area (Å²) < 4.78 is 18.8. The van der Waals surface area contributed by atoms with Gasteiger partial charge >= 0.3 is 0 Å². The molecule has 0 aliphatic rings. The summed E-state index contributed by atoms with van der Waals surface area (Å²) in [5.41, 5.74) is 2.92. The maximum absolute atomic E-state index is 13.5. The number of ether oxygens (including phenoxy) is 1. The maximum atomic E-state index is 13.5. The fourth-order valence-electron chi connectivity index (χ4n) is 2.15. The molecule has 3 aromatic rings. The summed E-state index contributed by atoms with van der Waals surface area (Å²) in [5.74, 6) is 2.84. The van der Waals surface area contributed by atoms with Gasteiger partial charge in [-0.15, -0.1) is 17.8 Å². The Morgan fingerprint density at radius 1 is 1.26 bits per heavy atom. The van der Waals surface area contributed by atoms with E-state index in [1.54, 1.807) is 13.2 Å². The molecule has 0 saturated carbocycles. The zero-order valence-electron chi connectivity index (χ0n) is 12.3. The summed E-state index contributed by atoms with van der Waals surface area (Å²) in [4.78, 5) is 4.49. The van der Waals surface area contributed by atoms with E-state index in [0.717, 1.165) is 11.3 Å². The van der Waals surface area contributed by atoms with Gasteiger partial charge in [-0.25, -0.2) is 9.37 Å². The molecule has 1 aromatic heterocycles. The highest BCUT2D eigenvalue weighted by Gasteiger charge is 2.11. The first kappa shape index (κ1) is 15.1. The number of nitrogens with zero attached hydrogens (tertiary/aromatic N) is 1. The number of nitrogens with one attached hydrogen (secondary N) is 1. The smallest absolute Gasteiger partial charge is 0.187 e. The molecular weight excluding hydrogens is 311 g/mol. The lowest BCUT2D eigenvalue weighted by Gasteiger charge is -2.06. The Hall–Kier alpha value is -2.84. The van der Waals surface area contributed by atoms with Crippen molar-refractivity contribution in [2.45, 2.75) is 0 Å². The summed E-state index contributed by atoms with van der Waals surface area (Å²) in [7, 11) is 1.55. The Bertz CT molecular complexity index is 883. The molecule has 5 heteroatoms. The SMILES string of the molecule is C#Cc1cccc(Nc2nc(-c3cc(F)ccc3OC)cs2)c1. The van der Waals surface area contributed by atoms with Gasteiger partial charge in [0.25, 0.3) is 0 Å². The van der Waals surface area contributed by atoms with E-state index in [4.69, 9.17) is 11.2 Å². The molecule has 114 valence electrons. The number of benzene rings is 2. The predicted molar refractivity (Wildman–Crippen MR) is 91.7 cm³/mol. The molecule has 0 aliphatic heterocycles. The average molecular weight is 324 g/mol. The topological polar surface area (TPSA) is 34.2 Å². The number of hydrogen-bond acceptors (Lipinski definition) is 4. The molecule has 0 spiro atoms. The van der Waals surface area contributed by atoms with E-state index in [0.29, 0.717) is 22.1 Å². The summed E-state index contributed by atoms with van der Waals surface area (Å²) in [6.45, 7) is 0. The van der Waals surface area contributed by atoms with Crippen LogP contribution in [0, 0.1) is 18.2 Å². The van der Waals surface area contributed by atoms with Gasteiger partial charge < -0.3 is 10.1 Å². The summed E-state index contributed by atoms with van der Waals surface area (Å²) in [6.07, 6.45) is 5.40. The van der Waals surface area contributed by atoms with Crippen molar-refractivity contribution in [1.82, 2.24) is 4.98 Å². The molecule has 0 unspecified atom stereocenters. The fourth-order valence-corrected chi connectivity index (χ4v) is 2.88. The van der Waals surface area contributed by atoms with Gasteiger partial charge in [0.1, 0.15) is 11.6 Å². The number of anilines is 2. The van der Waals surface area contributed by atoms with Crippen molar-refractivity contribution in [3.8, 4) is 29.4 Å². The Morgan fingerprint density at radius 2 is 2.13 bits per heavy atom. The molecule has 3 rings (SSSR count).